The van der Waals surface area contributed by atoms with Gasteiger partial charge in [0.05, 0.1) is 16.2 Å². The highest BCUT2D eigenvalue weighted by Gasteiger charge is 2.22. The number of carbonyl (C=O) groups is 3. The minimum absolute atomic E-state index is 0.0494. The number of ketones is 1. The summed E-state index contributed by atoms with van der Waals surface area (Å²) in [4.78, 5) is 51.7. The normalized spacial score (nSPS) is 14.9. The Balaban J connectivity index is 1.91. The third kappa shape index (κ3) is 13.7. The number of rotatable bonds is 19. The molecule has 1 aromatic rings. The van der Waals surface area contributed by atoms with Gasteiger partial charge in [-0.1, -0.05) is 43.4 Å². The highest BCUT2D eigenvalue weighted by atomic mass is 16.6. The molecule has 0 spiro atoms. The van der Waals surface area contributed by atoms with E-state index in [0.29, 0.717) is 42.1 Å². The van der Waals surface area contributed by atoms with Crippen molar-refractivity contribution in [2.45, 2.75) is 72.1 Å². The molecule has 0 saturated heterocycles. The monoisotopic (exact) mass is 627 g/mol. The lowest BCUT2D eigenvalue weighted by Crippen LogP contribution is -2.31. The summed E-state index contributed by atoms with van der Waals surface area (Å²) in [5.41, 5.74) is 3.83. The maximum absolute atomic E-state index is 13.2. The average Bonchev–Trinajstić information content (AvgIpc) is 3.03. The van der Waals surface area contributed by atoms with Crippen LogP contribution in [-0.4, -0.2) is 47.9 Å². The van der Waals surface area contributed by atoms with Crippen molar-refractivity contribution in [1.82, 2.24) is 16.0 Å². The second kappa shape index (κ2) is 20.8. The molecule has 0 saturated carbocycles. The fraction of sp³-hybridized carbons (Fsp3) is 0.389. The van der Waals surface area contributed by atoms with E-state index in [1.54, 1.807) is 31.2 Å². The number of benzene rings is 1. The van der Waals surface area contributed by atoms with E-state index in [2.05, 4.69) is 21.9 Å². The molecule has 10 heteroatoms. The van der Waals surface area contributed by atoms with Crippen LogP contribution in [0.3, 0.4) is 0 Å². The Morgan fingerprint density at radius 2 is 1.50 bits per heavy atom. The fourth-order valence-corrected chi connectivity index (χ4v) is 4.59. The molecule has 244 valence electrons. The summed E-state index contributed by atoms with van der Waals surface area (Å²) >= 11 is 0. The lowest BCUT2D eigenvalue weighted by atomic mass is 9.94. The molecule has 46 heavy (non-hydrogen) atoms. The Kier molecular flexibility index (Phi) is 16.8. The second-order valence-electron chi connectivity index (χ2n) is 10.9. The van der Waals surface area contributed by atoms with Gasteiger partial charge in [-0.15, -0.1) is 6.42 Å². The number of hydrogen-bond acceptors (Lipinski definition) is 7. The molecule has 0 radical (unpaired) electrons. The van der Waals surface area contributed by atoms with Gasteiger partial charge in [0.25, 0.3) is 17.5 Å². The van der Waals surface area contributed by atoms with Crippen LogP contribution in [0, 0.1) is 22.5 Å². The van der Waals surface area contributed by atoms with E-state index in [9.17, 15) is 24.5 Å². The minimum atomic E-state index is -0.495. The van der Waals surface area contributed by atoms with Crippen molar-refractivity contribution in [3.05, 3.63) is 98.9 Å². The van der Waals surface area contributed by atoms with Crippen molar-refractivity contribution in [2.75, 3.05) is 19.6 Å². The molecular weight excluding hydrogens is 582 g/mol. The van der Waals surface area contributed by atoms with Crippen molar-refractivity contribution in [3.8, 4) is 12.3 Å². The molecule has 0 unspecified atom stereocenters. The third-order valence-electron chi connectivity index (χ3n) is 7.11. The first kappa shape index (κ1) is 37.1. The number of nitrogens with zero attached hydrogens (tertiary/aromatic N) is 2. The van der Waals surface area contributed by atoms with Crippen LogP contribution in [0.1, 0.15) is 82.5 Å². The van der Waals surface area contributed by atoms with Gasteiger partial charge in [0.2, 0.25) is 0 Å². The molecule has 0 aromatic heterocycles. The summed E-state index contributed by atoms with van der Waals surface area (Å²) < 4.78 is 0. The molecule has 0 aliphatic heterocycles. The Hall–Kier alpha value is -5.04. The van der Waals surface area contributed by atoms with Crippen LogP contribution in [0.15, 0.2) is 88.3 Å². The van der Waals surface area contributed by atoms with Crippen LogP contribution < -0.4 is 16.0 Å². The first-order valence-electron chi connectivity index (χ1n) is 15.7. The zero-order valence-corrected chi connectivity index (χ0v) is 27.1. The van der Waals surface area contributed by atoms with E-state index in [4.69, 9.17) is 11.4 Å². The Morgan fingerprint density at radius 1 is 0.891 bits per heavy atom. The topological polar surface area (TPSA) is 143 Å². The van der Waals surface area contributed by atoms with Gasteiger partial charge in [0.1, 0.15) is 5.78 Å². The minimum Gasteiger partial charge on any atom is -0.388 e. The number of nitrogens with one attached hydrogen (secondary N) is 3. The number of hydrogen-bond donors (Lipinski definition) is 3. The van der Waals surface area contributed by atoms with E-state index in [1.807, 2.05) is 26.0 Å². The number of amides is 2. The zero-order valence-electron chi connectivity index (χ0n) is 27.1. The number of unbranched alkanes of at least 4 members (excludes halogenated alkanes) is 5. The maximum atomic E-state index is 13.2. The van der Waals surface area contributed by atoms with Crippen LogP contribution >= 0.6 is 0 Å². The van der Waals surface area contributed by atoms with E-state index < -0.39 is 4.92 Å². The Bertz CT molecular complexity index is 1460. The second-order valence-corrected chi connectivity index (χ2v) is 10.9. The van der Waals surface area contributed by atoms with Crippen LogP contribution in [0.25, 0.3) is 0 Å². The first-order valence-corrected chi connectivity index (χ1v) is 15.7. The van der Waals surface area contributed by atoms with Crippen LogP contribution in [0.4, 0.5) is 5.69 Å². The molecule has 1 aliphatic carbocycles. The summed E-state index contributed by atoms with van der Waals surface area (Å²) in [5, 5.41) is 20.1. The molecule has 3 N–H and O–H groups in total. The van der Waals surface area contributed by atoms with Crippen molar-refractivity contribution >= 4 is 29.0 Å². The fourth-order valence-electron chi connectivity index (χ4n) is 4.59. The molecule has 0 atom stereocenters. The SMILES string of the molecule is C#C\C=C/C=C(C)/N=C1/C(C(=O)NCCCCCC(C)=O)=CC=C/C1=C(/C)NCCCCCCNC(=O)c1ccc([N+](=O)[O-])cc1. The number of non-ortho nitro benzene ring substituents is 1. The van der Waals surface area contributed by atoms with Crippen LogP contribution in [0.5, 0.6) is 0 Å². The molecule has 0 bridgehead atoms. The molecule has 0 fully saturated rings. The molecule has 2 rings (SSSR count). The third-order valence-corrected chi connectivity index (χ3v) is 7.11. The number of allylic oxidation sites excluding steroid dienone is 9. The summed E-state index contributed by atoms with van der Waals surface area (Å²) in [6.07, 6.45) is 22.7. The average molecular weight is 628 g/mol. The molecule has 10 nitrogen and oxygen atoms in total. The van der Waals surface area contributed by atoms with Gasteiger partial charge in [-0.25, -0.2) is 0 Å². The Morgan fingerprint density at radius 3 is 2.11 bits per heavy atom. The molecule has 1 aliphatic rings. The van der Waals surface area contributed by atoms with Gasteiger partial charge in [-0.2, -0.15) is 0 Å². The molecular formula is C36H45N5O5. The van der Waals surface area contributed by atoms with Gasteiger partial charge < -0.3 is 20.7 Å². The number of terminal acetylenes is 1. The molecule has 2 amide bonds. The summed E-state index contributed by atoms with van der Waals surface area (Å²) in [6, 6.07) is 5.55. The molecule has 0 heterocycles. The largest absolute Gasteiger partial charge is 0.388 e. The lowest BCUT2D eigenvalue weighted by Gasteiger charge is -2.19. The van der Waals surface area contributed by atoms with Crippen molar-refractivity contribution in [3.63, 3.8) is 0 Å². The quantitative estimate of drug-likeness (QED) is 0.0561. The van der Waals surface area contributed by atoms with Crippen molar-refractivity contribution in [1.29, 1.82) is 0 Å². The zero-order chi connectivity index (χ0) is 33.7. The van der Waals surface area contributed by atoms with Crippen molar-refractivity contribution < 1.29 is 19.3 Å². The molecule has 1 aromatic carbocycles. The van der Waals surface area contributed by atoms with Crippen molar-refractivity contribution in [2.24, 2.45) is 4.99 Å². The highest BCUT2D eigenvalue weighted by molar-refractivity contribution is 6.30. The van der Waals surface area contributed by atoms with Crippen LogP contribution in [-0.2, 0) is 9.59 Å². The number of aliphatic imine (C=N–C) groups is 1. The van der Waals surface area contributed by atoms with Gasteiger partial charge in [-0.05, 0) is 76.8 Å². The van der Waals surface area contributed by atoms with Gasteiger partial charge in [-0.3, -0.25) is 24.7 Å². The van der Waals surface area contributed by atoms with Gasteiger partial charge in [0, 0.05) is 60.7 Å². The summed E-state index contributed by atoms with van der Waals surface area (Å²) in [5.74, 6) is 2.18. The van der Waals surface area contributed by atoms with Crippen LogP contribution in [0.2, 0.25) is 0 Å². The van der Waals surface area contributed by atoms with Gasteiger partial charge in [0.15, 0.2) is 0 Å². The summed E-state index contributed by atoms with van der Waals surface area (Å²) in [6.45, 7) is 7.18. The predicted molar refractivity (Wildman–Crippen MR) is 183 cm³/mol. The number of carbonyl (C=O) groups excluding carboxylic acids is 3. The first-order chi connectivity index (χ1) is 22.1. The highest BCUT2D eigenvalue weighted by Crippen LogP contribution is 2.21. The predicted octanol–water partition coefficient (Wildman–Crippen LogP) is 6.04. The van der Waals surface area contributed by atoms with E-state index >= 15 is 0 Å². The standard InChI is InChI=1S/C36H45N5O5/c1-5-6-10-16-27(2)40-34-32(18-15-19-33(34)36(44)39-26-14-9-11-17-28(3)42)29(4)37-24-12-7-8-13-25-38-35(43)30-20-22-31(23-21-30)41(45)46/h1,6,10,15-16,18-23,37H,7-9,11-14,17,24-26H2,2-4H3,(H,38,43)(H,39,44)/b10-6-,27-16+,32-29+,40-34+. The Labute approximate surface area is 272 Å². The number of Topliss-reactive ketones (excluding diaryl/α,β-unsaturated/α-hetero) is 1. The van der Waals surface area contributed by atoms with E-state index in [0.717, 1.165) is 62.8 Å². The number of nitro groups is 1. The van der Waals surface area contributed by atoms with E-state index in [1.165, 1.54) is 24.3 Å². The van der Waals surface area contributed by atoms with E-state index in [-0.39, 0.29) is 23.3 Å². The lowest BCUT2D eigenvalue weighted by molar-refractivity contribution is -0.384. The maximum Gasteiger partial charge on any atom is 0.269 e. The van der Waals surface area contributed by atoms with Gasteiger partial charge >= 0.3 is 0 Å². The smallest absolute Gasteiger partial charge is 0.269 e. The number of nitro benzene ring substituents is 1. The summed E-state index contributed by atoms with van der Waals surface area (Å²) in [7, 11) is 0.